The number of aromatic nitrogens is 3. The first-order chi connectivity index (χ1) is 9.49. The number of anilines is 1. The molecule has 1 atom stereocenters. The molecule has 0 aliphatic heterocycles. The Morgan fingerprint density at radius 3 is 2.60 bits per heavy atom. The van der Waals surface area contributed by atoms with Crippen molar-refractivity contribution >= 4 is 11.6 Å². The molecule has 0 bridgehead atoms. The van der Waals surface area contributed by atoms with Crippen LogP contribution in [-0.2, 0) is 11.3 Å². The van der Waals surface area contributed by atoms with Crippen molar-refractivity contribution < 1.29 is 4.79 Å². The average Bonchev–Trinajstić information content (AvgIpc) is 2.67. The van der Waals surface area contributed by atoms with Crippen LogP contribution in [0, 0.1) is 13.8 Å². The molecule has 20 heavy (non-hydrogen) atoms. The normalized spacial score (nSPS) is 12.2. The van der Waals surface area contributed by atoms with E-state index in [1.54, 1.807) is 17.1 Å². The Morgan fingerprint density at radius 2 is 2.05 bits per heavy atom. The van der Waals surface area contributed by atoms with Gasteiger partial charge < -0.3 is 11.1 Å². The van der Waals surface area contributed by atoms with Crippen molar-refractivity contribution in [1.29, 1.82) is 0 Å². The van der Waals surface area contributed by atoms with Crippen molar-refractivity contribution in [3.8, 4) is 0 Å². The van der Waals surface area contributed by atoms with Crippen LogP contribution in [0.4, 0.5) is 5.69 Å². The highest BCUT2D eigenvalue weighted by Crippen LogP contribution is 2.15. The molecule has 2 aromatic heterocycles. The first-order valence-corrected chi connectivity index (χ1v) is 6.47. The predicted molar refractivity (Wildman–Crippen MR) is 76.9 cm³/mol. The van der Waals surface area contributed by atoms with Crippen molar-refractivity contribution in [3.63, 3.8) is 0 Å². The third kappa shape index (κ3) is 2.96. The maximum absolute atomic E-state index is 12.0. The van der Waals surface area contributed by atoms with Crippen LogP contribution >= 0.6 is 0 Å². The van der Waals surface area contributed by atoms with Gasteiger partial charge in [0.2, 0.25) is 5.91 Å². The summed E-state index contributed by atoms with van der Waals surface area (Å²) < 4.78 is 1.62. The number of hydrogen-bond donors (Lipinski definition) is 2. The Balaban J connectivity index is 2.01. The summed E-state index contributed by atoms with van der Waals surface area (Å²) in [6.45, 7) is 5.79. The summed E-state index contributed by atoms with van der Waals surface area (Å²) in [5.41, 5.74) is 9.06. The lowest BCUT2D eigenvalue weighted by atomic mass is 10.1. The van der Waals surface area contributed by atoms with E-state index in [9.17, 15) is 4.79 Å². The Bertz CT molecular complexity index is 606. The van der Waals surface area contributed by atoms with Crippen LogP contribution in [0.15, 0.2) is 24.5 Å². The fourth-order valence-corrected chi connectivity index (χ4v) is 2.02. The standard InChI is InChI=1S/C14H19N5O/c1-9(12-4-6-16-7-5-12)17-13(20)8-19-11(3)14(15)10(2)18-19/h4-7,9H,8,15H2,1-3H3,(H,17,20). The number of hydrogen-bond acceptors (Lipinski definition) is 4. The number of nitrogens with two attached hydrogens (primary N) is 1. The molecule has 0 saturated heterocycles. The van der Waals surface area contributed by atoms with Crippen LogP contribution in [0.1, 0.15) is 29.9 Å². The van der Waals surface area contributed by atoms with Crippen LogP contribution in [-0.4, -0.2) is 20.7 Å². The van der Waals surface area contributed by atoms with Crippen molar-refractivity contribution in [2.24, 2.45) is 0 Å². The summed E-state index contributed by atoms with van der Waals surface area (Å²) in [5.74, 6) is -0.0973. The zero-order valence-electron chi connectivity index (χ0n) is 11.9. The molecule has 2 rings (SSSR count). The quantitative estimate of drug-likeness (QED) is 0.880. The average molecular weight is 273 g/mol. The second-order valence-electron chi connectivity index (χ2n) is 4.81. The zero-order chi connectivity index (χ0) is 14.7. The van der Waals surface area contributed by atoms with E-state index < -0.39 is 0 Å². The molecule has 0 saturated carbocycles. The van der Waals surface area contributed by atoms with Gasteiger partial charge in [-0.15, -0.1) is 0 Å². The molecule has 3 N–H and O–H groups in total. The topological polar surface area (TPSA) is 85.8 Å². The second-order valence-corrected chi connectivity index (χ2v) is 4.81. The SMILES string of the molecule is Cc1nn(CC(=O)NC(C)c2ccncc2)c(C)c1N. The first kappa shape index (κ1) is 14.0. The lowest BCUT2D eigenvalue weighted by Crippen LogP contribution is -2.30. The predicted octanol–water partition coefficient (Wildman–Crippen LogP) is 1.35. The van der Waals surface area contributed by atoms with Gasteiger partial charge in [-0.25, -0.2) is 0 Å². The van der Waals surface area contributed by atoms with Gasteiger partial charge in [0.15, 0.2) is 0 Å². The molecule has 0 aliphatic rings. The van der Waals surface area contributed by atoms with Crippen LogP contribution in [0.2, 0.25) is 0 Å². The molecule has 0 aliphatic carbocycles. The minimum absolute atomic E-state index is 0.0696. The van der Waals surface area contributed by atoms with E-state index in [2.05, 4.69) is 15.4 Å². The molecule has 6 heteroatoms. The van der Waals surface area contributed by atoms with E-state index in [0.29, 0.717) is 5.69 Å². The molecule has 1 unspecified atom stereocenters. The Labute approximate surface area is 118 Å². The zero-order valence-corrected chi connectivity index (χ0v) is 11.9. The monoisotopic (exact) mass is 273 g/mol. The molecule has 2 aromatic rings. The van der Waals surface area contributed by atoms with Crippen molar-refractivity contribution in [1.82, 2.24) is 20.1 Å². The molecular weight excluding hydrogens is 254 g/mol. The number of pyridine rings is 1. The van der Waals surface area contributed by atoms with Crippen LogP contribution in [0.3, 0.4) is 0 Å². The van der Waals surface area contributed by atoms with E-state index in [1.165, 1.54) is 0 Å². The summed E-state index contributed by atoms with van der Waals surface area (Å²) >= 11 is 0. The second kappa shape index (κ2) is 5.73. The number of nitrogen functional groups attached to an aromatic ring is 1. The summed E-state index contributed by atoms with van der Waals surface area (Å²) in [6, 6.07) is 3.69. The maximum atomic E-state index is 12.0. The Hall–Kier alpha value is -2.37. The van der Waals surface area contributed by atoms with Gasteiger partial charge in [-0.3, -0.25) is 14.5 Å². The Kier molecular flexibility index (Phi) is 4.02. The molecule has 2 heterocycles. The molecule has 106 valence electrons. The number of amides is 1. The van der Waals surface area contributed by atoms with Gasteiger partial charge >= 0.3 is 0 Å². The minimum atomic E-state index is -0.0973. The van der Waals surface area contributed by atoms with Crippen molar-refractivity contribution in [3.05, 3.63) is 41.5 Å². The summed E-state index contributed by atoms with van der Waals surface area (Å²) in [4.78, 5) is 16.0. The van der Waals surface area contributed by atoms with Crippen molar-refractivity contribution in [2.75, 3.05) is 5.73 Å². The highest BCUT2D eigenvalue weighted by atomic mass is 16.2. The maximum Gasteiger partial charge on any atom is 0.242 e. The van der Waals surface area contributed by atoms with Crippen LogP contribution in [0.25, 0.3) is 0 Å². The van der Waals surface area contributed by atoms with E-state index in [1.807, 2.05) is 32.9 Å². The third-order valence-corrected chi connectivity index (χ3v) is 3.31. The number of carbonyl (C=O) groups excluding carboxylic acids is 1. The molecule has 0 radical (unpaired) electrons. The van der Waals surface area contributed by atoms with Gasteiger partial charge in [-0.1, -0.05) is 0 Å². The smallest absolute Gasteiger partial charge is 0.242 e. The lowest BCUT2D eigenvalue weighted by molar-refractivity contribution is -0.122. The number of rotatable bonds is 4. The van der Waals surface area contributed by atoms with Crippen LogP contribution < -0.4 is 11.1 Å². The fourth-order valence-electron chi connectivity index (χ4n) is 2.02. The van der Waals surface area contributed by atoms with Gasteiger partial charge in [-0.05, 0) is 38.5 Å². The first-order valence-electron chi connectivity index (χ1n) is 6.47. The molecule has 0 fully saturated rings. The molecule has 0 aromatic carbocycles. The van der Waals surface area contributed by atoms with Gasteiger partial charge in [0.05, 0.1) is 23.1 Å². The van der Waals surface area contributed by atoms with Gasteiger partial charge in [0.1, 0.15) is 6.54 Å². The molecule has 1 amide bonds. The van der Waals surface area contributed by atoms with E-state index in [4.69, 9.17) is 5.73 Å². The molecular formula is C14H19N5O. The fraction of sp³-hybridized carbons (Fsp3) is 0.357. The van der Waals surface area contributed by atoms with E-state index in [-0.39, 0.29) is 18.5 Å². The largest absolute Gasteiger partial charge is 0.396 e. The number of nitrogens with one attached hydrogen (secondary N) is 1. The Morgan fingerprint density at radius 1 is 1.40 bits per heavy atom. The third-order valence-electron chi connectivity index (χ3n) is 3.31. The van der Waals surface area contributed by atoms with E-state index >= 15 is 0 Å². The number of nitrogens with zero attached hydrogens (tertiary/aromatic N) is 3. The summed E-state index contributed by atoms with van der Waals surface area (Å²) in [6.07, 6.45) is 3.42. The number of carbonyl (C=O) groups is 1. The van der Waals surface area contributed by atoms with Crippen LogP contribution in [0.5, 0.6) is 0 Å². The highest BCUT2D eigenvalue weighted by Gasteiger charge is 2.13. The van der Waals surface area contributed by atoms with Crippen molar-refractivity contribution in [2.45, 2.75) is 33.4 Å². The van der Waals surface area contributed by atoms with Gasteiger partial charge in [0, 0.05) is 12.4 Å². The lowest BCUT2D eigenvalue weighted by Gasteiger charge is -2.14. The van der Waals surface area contributed by atoms with Gasteiger partial charge in [-0.2, -0.15) is 5.10 Å². The number of aryl methyl sites for hydroxylation is 1. The molecule has 6 nitrogen and oxygen atoms in total. The van der Waals surface area contributed by atoms with Gasteiger partial charge in [0.25, 0.3) is 0 Å². The summed E-state index contributed by atoms with van der Waals surface area (Å²) in [5, 5.41) is 7.18. The molecule has 0 spiro atoms. The highest BCUT2D eigenvalue weighted by molar-refractivity contribution is 5.76. The van der Waals surface area contributed by atoms with E-state index in [0.717, 1.165) is 17.0 Å². The summed E-state index contributed by atoms with van der Waals surface area (Å²) in [7, 11) is 0. The minimum Gasteiger partial charge on any atom is -0.396 e.